The van der Waals surface area contributed by atoms with Crippen LogP contribution in [0.2, 0.25) is 0 Å². The van der Waals surface area contributed by atoms with Crippen molar-refractivity contribution in [3.8, 4) is 0 Å². The zero-order chi connectivity index (χ0) is 15.3. The Bertz CT molecular complexity index is 627. The van der Waals surface area contributed by atoms with Gasteiger partial charge in [0.15, 0.2) is 0 Å². The average molecular weight is 298 g/mol. The lowest BCUT2D eigenvalue weighted by Gasteiger charge is -2.32. The molecule has 2 N–H and O–H groups in total. The van der Waals surface area contributed by atoms with Gasteiger partial charge in [0, 0.05) is 6.20 Å². The molecule has 2 heterocycles. The summed E-state index contributed by atoms with van der Waals surface area (Å²) in [5.74, 6) is 0. The minimum atomic E-state index is -3.79. The van der Waals surface area contributed by atoms with E-state index in [1.807, 2.05) is 27.7 Å². The highest BCUT2D eigenvalue weighted by Crippen LogP contribution is 2.36. The first-order chi connectivity index (χ1) is 8.96. The van der Waals surface area contributed by atoms with Crippen LogP contribution in [-0.4, -0.2) is 31.7 Å². The molecule has 1 saturated heterocycles. The molecule has 6 nitrogen and oxygen atoms in total. The van der Waals surface area contributed by atoms with Crippen molar-refractivity contribution in [1.82, 2.24) is 4.98 Å². The molecule has 0 radical (unpaired) electrons. The highest BCUT2D eigenvalue weighted by atomic mass is 32.2. The molecular weight excluding hydrogens is 279 g/mol. The molecule has 0 unspecified atom stereocenters. The summed E-state index contributed by atoms with van der Waals surface area (Å²) in [6.07, 6.45) is 1.40. The Morgan fingerprint density at radius 1 is 1.20 bits per heavy atom. The van der Waals surface area contributed by atoms with Crippen LogP contribution in [0, 0.1) is 6.92 Å². The zero-order valence-corrected chi connectivity index (χ0v) is 13.1. The van der Waals surface area contributed by atoms with Gasteiger partial charge in [-0.05, 0) is 46.2 Å². The normalized spacial score (nSPS) is 21.2. The van der Waals surface area contributed by atoms with Gasteiger partial charge < -0.3 is 9.31 Å². The van der Waals surface area contributed by atoms with Crippen molar-refractivity contribution in [2.24, 2.45) is 5.14 Å². The smallest absolute Gasteiger partial charge is 0.398 e. The molecule has 0 aliphatic carbocycles. The maximum Gasteiger partial charge on any atom is 0.514 e. The molecule has 0 amide bonds. The van der Waals surface area contributed by atoms with E-state index in [4.69, 9.17) is 14.4 Å². The van der Waals surface area contributed by atoms with Crippen molar-refractivity contribution in [2.75, 3.05) is 0 Å². The molecule has 1 aromatic heterocycles. The Balaban J connectivity index is 2.47. The number of primary sulfonamides is 1. The lowest BCUT2D eigenvalue weighted by molar-refractivity contribution is 0.00578. The number of nitrogens with two attached hydrogens (primary N) is 1. The number of rotatable bonds is 2. The first-order valence-corrected chi connectivity index (χ1v) is 7.84. The number of hydrogen-bond acceptors (Lipinski definition) is 5. The Morgan fingerprint density at radius 3 is 2.15 bits per heavy atom. The molecule has 1 aliphatic rings. The third-order valence-electron chi connectivity index (χ3n) is 3.98. The van der Waals surface area contributed by atoms with Crippen LogP contribution in [0.25, 0.3) is 0 Å². The summed E-state index contributed by atoms with van der Waals surface area (Å²) in [6.45, 7) is 9.34. The highest BCUT2D eigenvalue weighted by molar-refractivity contribution is 7.89. The van der Waals surface area contributed by atoms with Crippen LogP contribution >= 0.6 is 0 Å². The van der Waals surface area contributed by atoms with E-state index in [0.29, 0.717) is 11.2 Å². The van der Waals surface area contributed by atoms with Gasteiger partial charge in [-0.25, -0.2) is 13.6 Å². The van der Waals surface area contributed by atoms with Gasteiger partial charge in [-0.1, -0.05) is 0 Å². The summed E-state index contributed by atoms with van der Waals surface area (Å²) in [7, 11) is -4.50. The Labute approximate surface area is 119 Å². The summed E-state index contributed by atoms with van der Waals surface area (Å²) in [5.41, 5.74) is -0.129. The molecule has 1 fully saturated rings. The van der Waals surface area contributed by atoms with E-state index < -0.39 is 28.3 Å². The lowest BCUT2D eigenvalue weighted by Crippen LogP contribution is -2.41. The van der Waals surface area contributed by atoms with E-state index in [1.54, 1.807) is 6.92 Å². The first kappa shape index (κ1) is 15.4. The molecule has 20 heavy (non-hydrogen) atoms. The maximum absolute atomic E-state index is 11.5. The minimum absolute atomic E-state index is 0.0391. The second-order valence-electron chi connectivity index (χ2n) is 5.95. The molecule has 0 saturated carbocycles. The molecule has 0 spiro atoms. The molecule has 1 aromatic rings. The second-order valence-corrected chi connectivity index (χ2v) is 7.48. The fourth-order valence-electron chi connectivity index (χ4n) is 2.03. The minimum Gasteiger partial charge on any atom is -0.398 e. The van der Waals surface area contributed by atoms with Crippen molar-refractivity contribution < 1.29 is 17.7 Å². The lowest BCUT2D eigenvalue weighted by atomic mass is 9.81. The number of hydrogen-bond donors (Lipinski definition) is 1. The standard InChI is InChI=1S/C12H19BN2O4S/c1-8-9(20(14,16)17)6-7-15-10(8)13-18-11(2,3)12(4,5)19-13/h6-7H,1-5H3,(H2,14,16,17). The average Bonchev–Trinajstić information content (AvgIpc) is 2.46. The van der Waals surface area contributed by atoms with Crippen LogP contribution in [0.1, 0.15) is 33.3 Å². The summed E-state index contributed by atoms with van der Waals surface area (Å²) in [6, 6.07) is 1.37. The largest absolute Gasteiger partial charge is 0.514 e. The second kappa shape index (κ2) is 4.52. The molecule has 0 atom stereocenters. The van der Waals surface area contributed by atoms with Gasteiger partial charge in [-0.15, -0.1) is 0 Å². The number of nitrogens with zero attached hydrogens (tertiary/aromatic N) is 1. The van der Waals surface area contributed by atoms with Gasteiger partial charge in [0.25, 0.3) is 0 Å². The van der Waals surface area contributed by atoms with Crippen LogP contribution in [0.15, 0.2) is 17.2 Å². The number of aromatic nitrogens is 1. The predicted molar refractivity (Wildman–Crippen MR) is 76.1 cm³/mol. The molecule has 0 bridgehead atoms. The van der Waals surface area contributed by atoms with Crippen LogP contribution < -0.4 is 10.7 Å². The summed E-state index contributed by atoms with van der Waals surface area (Å²) in [5, 5.41) is 5.19. The first-order valence-electron chi connectivity index (χ1n) is 6.30. The third kappa shape index (κ3) is 2.48. The monoisotopic (exact) mass is 298 g/mol. The van der Waals surface area contributed by atoms with Gasteiger partial charge in [-0.3, -0.25) is 4.98 Å². The van der Waals surface area contributed by atoms with Crippen LogP contribution in [0.3, 0.4) is 0 Å². The zero-order valence-electron chi connectivity index (χ0n) is 12.3. The van der Waals surface area contributed by atoms with Gasteiger partial charge in [0.2, 0.25) is 10.0 Å². The number of sulfonamides is 1. The summed E-state index contributed by atoms with van der Waals surface area (Å²) < 4.78 is 34.8. The van der Waals surface area contributed by atoms with E-state index in [1.165, 1.54) is 12.3 Å². The van der Waals surface area contributed by atoms with E-state index >= 15 is 0 Å². The summed E-state index contributed by atoms with van der Waals surface area (Å²) in [4.78, 5) is 4.23. The van der Waals surface area contributed by atoms with E-state index in [2.05, 4.69) is 4.98 Å². The maximum atomic E-state index is 11.5. The molecular formula is C12H19BN2O4S. The fraction of sp³-hybridized carbons (Fsp3) is 0.583. The van der Waals surface area contributed by atoms with Gasteiger partial charge in [0.1, 0.15) is 0 Å². The van der Waals surface area contributed by atoms with Crippen molar-refractivity contribution in [3.05, 3.63) is 17.8 Å². The topological polar surface area (TPSA) is 91.5 Å². The molecule has 110 valence electrons. The van der Waals surface area contributed by atoms with Crippen LogP contribution in [0.4, 0.5) is 0 Å². The third-order valence-corrected chi connectivity index (χ3v) is 5.03. The van der Waals surface area contributed by atoms with Crippen molar-refractivity contribution in [2.45, 2.75) is 50.7 Å². The van der Waals surface area contributed by atoms with E-state index in [9.17, 15) is 8.42 Å². The number of pyridine rings is 1. The molecule has 0 aromatic carbocycles. The van der Waals surface area contributed by atoms with Gasteiger partial charge in [-0.2, -0.15) is 0 Å². The van der Waals surface area contributed by atoms with Crippen molar-refractivity contribution in [1.29, 1.82) is 0 Å². The fourth-order valence-corrected chi connectivity index (χ4v) is 2.82. The van der Waals surface area contributed by atoms with Crippen LogP contribution in [-0.2, 0) is 19.3 Å². The van der Waals surface area contributed by atoms with E-state index in [-0.39, 0.29) is 4.90 Å². The van der Waals surface area contributed by atoms with Crippen molar-refractivity contribution >= 4 is 22.7 Å². The Hall–Kier alpha value is -0.955. The quantitative estimate of drug-likeness (QED) is 0.795. The Kier molecular flexibility index (Phi) is 3.49. The molecule has 2 rings (SSSR count). The molecule has 1 aliphatic heterocycles. The van der Waals surface area contributed by atoms with Crippen molar-refractivity contribution in [3.63, 3.8) is 0 Å². The van der Waals surface area contributed by atoms with Crippen LogP contribution in [0.5, 0.6) is 0 Å². The Morgan fingerprint density at radius 2 is 1.70 bits per heavy atom. The highest BCUT2D eigenvalue weighted by Gasteiger charge is 2.52. The van der Waals surface area contributed by atoms with Gasteiger partial charge in [0.05, 0.1) is 21.7 Å². The summed E-state index contributed by atoms with van der Waals surface area (Å²) >= 11 is 0. The molecule has 8 heteroatoms. The predicted octanol–water partition coefficient (Wildman–Crippen LogP) is 0.337. The van der Waals surface area contributed by atoms with Gasteiger partial charge >= 0.3 is 7.12 Å². The SMILES string of the molecule is Cc1c(S(N)(=O)=O)ccnc1B1OC(C)(C)C(C)(C)O1. The van der Waals surface area contributed by atoms with E-state index in [0.717, 1.165) is 0 Å².